The normalized spacial score (nSPS) is 11.4. The molecule has 0 aromatic heterocycles. The van der Waals surface area contributed by atoms with Crippen LogP contribution in [0.15, 0.2) is 60.7 Å². The van der Waals surface area contributed by atoms with E-state index in [-0.39, 0.29) is 0 Å². The molecule has 0 bridgehead atoms. The minimum absolute atomic E-state index is 0.364. The maximum atomic E-state index is 12.3. The van der Waals surface area contributed by atoms with Crippen LogP contribution in [0.5, 0.6) is 0 Å². The zero-order chi connectivity index (χ0) is 18.1. The van der Waals surface area contributed by atoms with Gasteiger partial charge in [-0.3, -0.25) is 4.79 Å². The minimum Gasteiger partial charge on any atom is -0.454 e. The highest BCUT2D eigenvalue weighted by Crippen LogP contribution is 2.10. The van der Waals surface area contributed by atoms with Crippen LogP contribution in [0, 0.1) is 0 Å². The highest BCUT2D eigenvalue weighted by atomic mass is 16.6. The topological polar surface area (TPSA) is 69.7 Å². The van der Waals surface area contributed by atoms with Crippen LogP contribution in [0.2, 0.25) is 0 Å². The standard InChI is InChI=1S/C20H20O5/c1-2-9-18(25-20(23)16-12-7-4-8-13-16)17(21)14-24-19(22)15-10-5-3-6-11-15/h3-8,10-13,18H,2,9,14H2,1H3/t18-/m1/s1. The van der Waals surface area contributed by atoms with Crippen LogP contribution < -0.4 is 0 Å². The smallest absolute Gasteiger partial charge is 0.338 e. The second kappa shape index (κ2) is 9.37. The maximum absolute atomic E-state index is 12.3. The molecule has 0 heterocycles. The molecule has 0 aliphatic carbocycles. The third kappa shape index (κ3) is 5.57. The number of hydrogen-bond donors (Lipinski definition) is 0. The predicted molar refractivity (Wildman–Crippen MR) is 92.3 cm³/mol. The van der Waals surface area contributed by atoms with E-state index in [2.05, 4.69) is 0 Å². The van der Waals surface area contributed by atoms with Crippen LogP contribution in [0.25, 0.3) is 0 Å². The van der Waals surface area contributed by atoms with Crippen LogP contribution in [-0.2, 0) is 14.3 Å². The molecule has 0 aliphatic heterocycles. The fourth-order valence-electron chi connectivity index (χ4n) is 2.21. The molecule has 0 unspecified atom stereocenters. The molecule has 2 aromatic carbocycles. The summed E-state index contributed by atoms with van der Waals surface area (Å²) in [6.07, 6.45) is 0.104. The van der Waals surface area contributed by atoms with Crippen molar-refractivity contribution in [2.24, 2.45) is 0 Å². The van der Waals surface area contributed by atoms with Crippen LogP contribution >= 0.6 is 0 Å². The first-order valence-corrected chi connectivity index (χ1v) is 8.12. The number of esters is 2. The monoisotopic (exact) mass is 340 g/mol. The molecule has 1 atom stereocenters. The zero-order valence-electron chi connectivity index (χ0n) is 14.0. The Balaban J connectivity index is 1.93. The lowest BCUT2D eigenvalue weighted by atomic mass is 10.1. The molecule has 0 spiro atoms. The van der Waals surface area contributed by atoms with Crippen molar-refractivity contribution >= 4 is 17.7 Å². The Labute approximate surface area is 146 Å². The predicted octanol–water partition coefficient (Wildman–Crippen LogP) is 3.44. The second-order valence-corrected chi connectivity index (χ2v) is 5.46. The molecule has 0 N–H and O–H groups in total. The van der Waals surface area contributed by atoms with Gasteiger partial charge in [-0.25, -0.2) is 9.59 Å². The highest BCUT2D eigenvalue weighted by Gasteiger charge is 2.24. The highest BCUT2D eigenvalue weighted by molar-refractivity contribution is 5.95. The lowest BCUT2D eigenvalue weighted by Crippen LogP contribution is -2.31. The molecule has 25 heavy (non-hydrogen) atoms. The average molecular weight is 340 g/mol. The second-order valence-electron chi connectivity index (χ2n) is 5.46. The van der Waals surface area contributed by atoms with E-state index in [0.717, 1.165) is 0 Å². The van der Waals surface area contributed by atoms with E-state index in [1.807, 2.05) is 6.92 Å². The van der Waals surface area contributed by atoms with E-state index in [1.54, 1.807) is 60.7 Å². The van der Waals surface area contributed by atoms with E-state index in [9.17, 15) is 14.4 Å². The van der Waals surface area contributed by atoms with Crippen molar-refractivity contribution in [1.82, 2.24) is 0 Å². The Bertz CT molecular complexity index is 709. The van der Waals surface area contributed by atoms with Crippen molar-refractivity contribution in [3.05, 3.63) is 71.8 Å². The van der Waals surface area contributed by atoms with Crippen molar-refractivity contribution in [1.29, 1.82) is 0 Å². The Hall–Kier alpha value is -2.95. The Morgan fingerprint density at radius 1 is 0.840 bits per heavy atom. The molecule has 5 heteroatoms. The van der Waals surface area contributed by atoms with Gasteiger partial charge in [-0.2, -0.15) is 0 Å². The number of Topliss-reactive ketones (excluding diaryl/α,β-unsaturated/α-hetero) is 1. The first-order valence-electron chi connectivity index (χ1n) is 8.12. The molecule has 2 aromatic rings. The fraction of sp³-hybridized carbons (Fsp3) is 0.250. The first kappa shape index (κ1) is 18.4. The lowest BCUT2D eigenvalue weighted by molar-refractivity contribution is -0.131. The molecular weight excluding hydrogens is 320 g/mol. The summed E-state index contributed by atoms with van der Waals surface area (Å²) in [5.74, 6) is -1.59. The lowest BCUT2D eigenvalue weighted by Gasteiger charge is -2.16. The van der Waals surface area contributed by atoms with Crippen molar-refractivity contribution in [3.63, 3.8) is 0 Å². The molecule has 0 aliphatic rings. The number of benzene rings is 2. The van der Waals surface area contributed by atoms with Gasteiger partial charge < -0.3 is 9.47 Å². The van der Waals surface area contributed by atoms with Gasteiger partial charge in [0, 0.05) is 0 Å². The molecule has 0 saturated carbocycles. The number of rotatable bonds is 8. The summed E-state index contributed by atoms with van der Waals surface area (Å²) in [7, 11) is 0. The van der Waals surface area contributed by atoms with Crippen molar-refractivity contribution in [2.75, 3.05) is 6.61 Å². The Morgan fingerprint density at radius 3 is 1.88 bits per heavy atom. The molecule has 2 rings (SSSR count). The summed E-state index contributed by atoms with van der Waals surface area (Å²) in [6.45, 7) is 1.45. The van der Waals surface area contributed by atoms with Crippen LogP contribution in [-0.4, -0.2) is 30.4 Å². The summed E-state index contributed by atoms with van der Waals surface area (Å²) < 4.78 is 10.3. The Morgan fingerprint density at radius 2 is 1.36 bits per heavy atom. The minimum atomic E-state index is -0.929. The molecular formula is C20H20O5. The SMILES string of the molecule is CCC[C@@H](OC(=O)c1ccccc1)C(=O)COC(=O)c1ccccc1. The van der Waals surface area contributed by atoms with Gasteiger partial charge in [0.25, 0.3) is 0 Å². The number of ketones is 1. The molecule has 0 saturated heterocycles. The van der Waals surface area contributed by atoms with E-state index in [1.165, 1.54) is 0 Å². The van der Waals surface area contributed by atoms with E-state index < -0.39 is 30.4 Å². The van der Waals surface area contributed by atoms with Gasteiger partial charge in [-0.05, 0) is 30.7 Å². The molecule has 130 valence electrons. The number of ether oxygens (including phenoxy) is 2. The third-order valence-corrected chi connectivity index (χ3v) is 3.52. The number of carbonyl (C=O) groups is 3. The van der Waals surface area contributed by atoms with Gasteiger partial charge in [-0.15, -0.1) is 0 Å². The van der Waals surface area contributed by atoms with Gasteiger partial charge in [0.05, 0.1) is 11.1 Å². The molecule has 0 fully saturated rings. The summed E-state index contributed by atoms with van der Waals surface area (Å²) in [4.78, 5) is 36.3. The van der Waals surface area contributed by atoms with Crippen molar-refractivity contribution in [2.45, 2.75) is 25.9 Å². The quantitative estimate of drug-likeness (QED) is 0.689. The van der Waals surface area contributed by atoms with Crippen LogP contribution in [0.4, 0.5) is 0 Å². The van der Waals surface area contributed by atoms with Crippen LogP contribution in [0.1, 0.15) is 40.5 Å². The summed E-state index contributed by atoms with van der Waals surface area (Å²) >= 11 is 0. The van der Waals surface area contributed by atoms with Gasteiger partial charge in [0.1, 0.15) is 0 Å². The fourth-order valence-corrected chi connectivity index (χ4v) is 2.21. The van der Waals surface area contributed by atoms with Gasteiger partial charge in [0.2, 0.25) is 5.78 Å². The average Bonchev–Trinajstić information content (AvgIpc) is 2.66. The first-order chi connectivity index (χ1) is 12.1. The summed E-state index contributed by atoms with van der Waals surface area (Å²) in [5, 5.41) is 0. The summed E-state index contributed by atoms with van der Waals surface area (Å²) in [6, 6.07) is 16.9. The number of hydrogen-bond acceptors (Lipinski definition) is 5. The largest absolute Gasteiger partial charge is 0.454 e. The summed E-state index contributed by atoms with van der Waals surface area (Å²) in [5.41, 5.74) is 0.737. The zero-order valence-corrected chi connectivity index (χ0v) is 14.0. The molecule has 0 radical (unpaired) electrons. The van der Waals surface area contributed by atoms with E-state index in [0.29, 0.717) is 24.0 Å². The molecule has 5 nitrogen and oxygen atoms in total. The van der Waals surface area contributed by atoms with E-state index in [4.69, 9.17) is 9.47 Å². The third-order valence-electron chi connectivity index (χ3n) is 3.52. The van der Waals surface area contributed by atoms with Gasteiger partial charge >= 0.3 is 11.9 Å². The van der Waals surface area contributed by atoms with Gasteiger partial charge in [0.15, 0.2) is 12.7 Å². The van der Waals surface area contributed by atoms with Crippen LogP contribution in [0.3, 0.4) is 0 Å². The van der Waals surface area contributed by atoms with E-state index >= 15 is 0 Å². The Kier molecular flexibility index (Phi) is 6.89. The van der Waals surface area contributed by atoms with Crippen molar-refractivity contribution < 1.29 is 23.9 Å². The molecule has 0 amide bonds. The maximum Gasteiger partial charge on any atom is 0.338 e. The number of carbonyl (C=O) groups excluding carboxylic acids is 3. The van der Waals surface area contributed by atoms with Crippen molar-refractivity contribution in [3.8, 4) is 0 Å². The van der Waals surface area contributed by atoms with Gasteiger partial charge in [-0.1, -0.05) is 49.7 Å².